The first-order chi connectivity index (χ1) is 6.43. The number of carbonyl (C=O) groups excluding carboxylic acids is 1. The summed E-state index contributed by atoms with van der Waals surface area (Å²) in [4.78, 5) is 11.0. The van der Waals surface area contributed by atoms with E-state index < -0.39 is 0 Å². The minimum atomic E-state index is -0.290. The van der Waals surface area contributed by atoms with Crippen molar-refractivity contribution in [3.8, 4) is 0 Å². The number of ether oxygens (including phenoxy) is 1. The Morgan fingerprint density at radius 2 is 2.14 bits per heavy atom. The molecule has 0 saturated heterocycles. The van der Waals surface area contributed by atoms with Crippen LogP contribution in [0.5, 0.6) is 0 Å². The second-order valence-corrected chi connectivity index (χ2v) is 5.43. The van der Waals surface area contributed by atoms with Gasteiger partial charge in [0.1, 0.15) is 12.0 Å². The van der Waals surface area contributed by atoms with E-state index in [1.54, 1.807) is 0 Å². The summed E-state index contributed by atoms with van der Waals surface area (Å²) in [6, 6.07) is 0. The van der Waals surface area contributed by atoms with Crippen molar-refractivity contribution in [2.24, 2.45) is 11.3 Å². The van der Waals surface area contributed by atoms with Gasteiger partial charge in [-0.25, -0.2) is 0 Å². The number of hydrogen-bond donors (Lipinski definition) is 0. The lowest BCUT2D eigenvalue weighted by Gasteiger charge is -2.38. The lowest BCUT2D eigenvalue weighted by Crippen LogP contribution is -2.34. The van der Waals surface area contributed by atoms with Crippen molar-refractivity contribution < 1.29 is 9.53 Å². The van der Waals surface area contributed by atoms with Crippen LogP contribution < -0.4 is 0 Å². The topological polar surface area (TPSA) is 26.3 Å². The molecule has 2 nitrogen and oxygen atoms in total. The Kier molecular flexibility index (Phi) is 3.82. The highest BCUT2D eigenvalue weighted by molar-refractivity contribution is 6.26. The fourth-order valence-corrected chi connectivity index (χ4v) is 2.63. The molecule has 14 heavy (non-hydrogen) atoms. The third kappa shape index (κ3) is 3.49. The standard InChI is InChI=1S/C11H19ClO2/c1-8-4-9(14-10(13)7-12)6-11(2,3)5-8/h8-9H,4-7H2,1-3H3/t8-,9-/m1/s1. The highest BCUT2D eigenvalue weighted by Gasteiger charge is 2.33. The van der Waals surface area contributed by atoms with Gasteiger partial charge in [0.2, 0.25) is 0 Å². The first kappa shape index (κ1) is 11.8. The SMILES string of the molecule is C[C@@H]1C[C@@H](OC(=O)CCl)CC(C)(C)C1. The fourth-order valence-electron chi connectivity index (χ4n) is 2.57. The zero-order valence-electron chi connectivity index (χ0n) is 9.18. The minimum Gasteiger partial charge on any atom is -0.461 e. The van der Waals surface area contributed by atoms with E-state index >= 15 is 0 Å². The summed E-state index contributed by atoms with van der Waals surface area (Å²) >= 11 is 5.40. The normalized spacial score (nSPS) is 31.1. The molecule has 0 amide bonds. The number of alkyl halides is 1. The Morgan fingerprint density at radius 1 is 1.50 bits per heavy atom. The molecule has 1 saturated carbocycles. The van der Waals surface area contributed by atoms with Crippen LogP contribution in [0.1, 0.15) is 40.0 Å². The summed E-state index contributed by atoms with van der Waals surface area (Å²) in [7, 11) is 0. The maximum atomic E-state index is 11.0. The summed E-state index contributed by atoms with van der Waals surface area (Å²) in [5, 5.41) is 0. The molecule has 2 atom stereocenters. The first-order valence-electron chi connectivity index (χ1n) is 5.18. The quantitative estimate of drug-likeness (QED) is 0.526. The second kappa shape index (κ2) is 4.52. The molecular weight excluding hydrogens is 200 g/mol. The van der Waals surface area contributed by atoms with Crippen LogP contribution >= 0.6 is 11.6 Å². The number of rotatable bonds is 2. The van der Waals surface area contributed by atoms with Gasteiger partial charge in [0, 0.05) is 0 Å². The molecule has 1 aliphatic carbocycles. The number of hydrogen-bond acceptors (Lipinski definition) is 2. The molecule has 3 heteroatoms. The monoisotopic (exact) mass is 218 g/mol. The third-order valence-corrected chi connectivity index (χ3v) is 2.97. The van der Waals surface area contributed by atoms with E-state index in [2.05, 4.69) is 20.8 Å². The van der Waals surface area contributed by atoms with Gasteiger partial charge in [0.15, 0.2) is 0 Å². The Balaban J connectivity index is 2.50. The molecule has 0 radical (unpaired) electrons. The summed E-state index contributed by atoms with van der Waals surface area (Å²) in [6.07, 6.45) is 3.22. The number of esters is 1. The van der Waals surface area contributed by atoms with Gasteiger partial charge >= 0.3 is 5.97 Å². The summed E-state index contributed by atoms with van der Waals surface area (Å²) in [5.41, 5.74) is 0.287. The summed E-state index contributed by atoms with van der Waals surface area (Å²) in [5.74, 6) is 0.305. The molecule has 0 aromatic rings. The van der Waals surface area contributed by atoms with Crippen molar-refractivity contribution >= 4 is 17.6 Å². The average molecular weight is 219 g/mol. The number of halogens is 1. The minimum absolute atomic E-state index is 0.0364. The molecule has 0 aromatic carbocycles. The Labute approximate surface area is 91.0 Å². The predicted octanol–water partition coefficient (Wildman–Crippen LogP) is 2.98. The predicted molar refractivity (Wildman–Crippen MR) is 57.4 cm³/mol. The zero-order chi connectivity index (χ0) is 10.8. The van der Waals surface area contributed by atoms with Gasteiger partial charge in [-0.1, -0.05) is 20.8 Å². The van der Waals surface area contributed by atoms with E-state index in [-0.39, 0.29) is 23.4 Å². The molecular formula is C11H19ClO2. The van der Waals surface area contributed by atoms with Gasteiger partial charge in [0.25, 0.3) is 0 Å². The van der Waals surface area contributed by atoms with Crippen LogP contribution in [-0.4, -0.2) is 18.0 Å². The lowest BCUT2D eigenvalue weighted by atomic mass is 9.71. The van der Waals surface area contributed by atoms with Crippen LogP contribution in [0, 0.1) is 11.3 Å². The van der Waals surface area contributed by atoms with E-state index in [4.69, 9.17) is 16.3 Å². The third-order valence-electron chi connectivity index (χ3n) is 2.75. The van der Waals surface area contributed by atoms with Gasteiger partial charge in [0.05, 0.1) is 0 Å². The second-order valence-electron chi connectivity index (χ2n) is 5.16. The zero-order valence-corrected chi connectivity index (χ0v) is 9.93. The van der Waals surface area contributed by atoms with Gasteiger partial charge in [-0.3, -0.25) is 4.79 Å². The molecule has 82 valence electrons. The van der Waals surface area contributed by atoms with E-state index in [1.807, 2.05) is 0 Å². The summed E-state index contributed by atoms with van der Waals surface area (Å²) < 4.78 is 5.28. The van der Waals surface area contributed by atoms with Crippen LogP contribution in [0.25, 0.3) is 0 Å². The van der Waals surface area contributed by atoms with E-state index in [9.17, 15) is 4.79 Å². The molecule has 0 unspecified atom stereocenters. The first-order valence-corrected chi connectivity index (χ1v) is 5.72. The maximum Gasteiger partial charge on any atom is 0.321 e. The van der Waals surface area contributed by atoms with Crippen LogP contribution in [-0.2, 0) is 9.53 Å². The van der Waals surface area contributed by atoms with Crippen molar-refractivity contribution in [1.29, 1.82) is 0 Å². The van der Waals surface area contributed by atoms with Gasteiger partial charge in [-0.05, 0) is 30.6 Å². The van der Waals surface area contributed by atoms with Crippen molar-refractivity contribution in [3.05, 3.63) is 0 Å². The Bertz CT molecular complexity index is 213. The summed E-state index contributed by atoms with van der Waals surface area (Å²) in [6.45, 7) is 6.66. The van der Waals surface area contributed by atoms with Gasteiger partial charge < -0.3 is 4.74 Å². The van der Waals surface area contributed by atoms with Crippen LogP contribution in [0.15, 0.2) is 0 Å². The molecule has 0 bridgehead atoms. The maximum absolute atomic E-state index is 11.0. The molecule has 1 rings (SSSR count). The van der Waals surface area contributed by atoms with Gasteiger partial charge in [-0.15, -0.1) is 11.6 Å². The fraction of sp³-hybridized carbons (Fsp3) is 0.909. The molecule has 1 fully saturated rings. The molecule has 0 heterocycles. The van der Waals surface area contributed by atoms with Crippen LogP contribution in [0.2, 0.25) is 0 Å². The molecule has 0 N–H and O–H groups in total. The lowest BCUT2D eigenvalue weighted by molar-refractivity contribution is -0.150. The van der Waals surface area contributed by atoms with Crippen LogP contribution in [0.3, 0.4) is 0 Å². The Hall–Kier alpha value is -0.240. The average Bonchev–Trinajstić information content (AvgIpc) is 1.99. The highest BCUT2D eigenvalue weighted by atomic mass is 35.5. The molecule has 1 aliphatic rings. The smallest absolute Gasteiger partial charge is 0.321 e. The van der Waals surface area contributed by atoms with Crippen molar-refractivity contribution in [1.82, 2.24) is 0 Å². The van der Waals surface area contributed by atoms with E-state index in [0.29, 0.717) is 5.92 Å². The van der Waals surface area contributed by atoms with E-state index in [0.717, 1.165) is 12.8 Å². The largest absolute Gasteiger partial charge is 0.461 e. The molecule has 0 aliphatic heterocycles. The van der Waals surface area contributed by atoms with E-state index in [1.165, 1.54) is 6.42 Å². The van der Waals surface area contributed by atoms with Gasteiger partial charge in [-0.2, -0.15) is 0 Å². The Morgan fingerprint density at radius 3 is 2.64 bits per heavy atom. The van der Waals surface area contributed by atoms with Crippen molar-refractivity contribution in [3.63, 3.8) is 0 Å². The van der Waals surface area contributed by atoms with Crippen molar-refractivity contribution in [2.45, 2.75) is 46.1 Å². The van der Waals surface area contributed by atoms with Crippen molar-refractivity contribution in [2.75, 3.05) is 5.88 Å². The number of carbonyl (C=O) groups is 1. The highest BCUT2D eigenvalue weighted by Crippen LogP contribution is 2.39. The molecule has 0 aromatic heterocycles. The molecule has 0 spiro atoms. The van der Waals surface area contributed by atoms with Crippen LogP contribution in [0.4, 0.5) is 0 Å².